The van der Waals surface area contributed by atoms with Crippen molar-refractivity contribution in [3.63, 3.8) is 0 Å². The van der Waals surface area contributed by atoms with Crippen LogP contribution in [0.2, 0.25) is 0 Å². The molecule has 0 aliphatic heterocycles. The first kappa shape index (κ1) is 19.8. The summed E-state index contributed by atoms with van der Waals surface area (Å²) in [6.45, 7) is 9.36. The molecule has 0 saturated heterocycles. The van der Waals surface area contributed by atoms with E-state index in [1.54, 1.807) is 6.08 Å². The van der Waals surface area contributed by atoms with Crippen LogP contribution in [-0.2, 0) is 16.0 Å². The molecule has 1 rings (SSSR count). The first-order chi connectivity index (χ1) is 11.2. The predicted octanol–water partition coefficient (Wildman–Crippen LogP) is 1.90. The Balaban J connectivity index is 3.28. The number of benzene rings is 1. The fraction of sp³-hybridized carbons (Fsp3) is 0.556. The minimum absolute atomic E-state index is 0.155. The van der Waals surface area contributed by atoms with Gasteiger partial charge in [-0.25, -0.2) is 0 Å². The largest absolute Gasteiger partial charge is 0.387 e. The van der Waals surface area contributed by atoms with Gasteiger partial charge in [0.05, 0.1) is 13.2 Å². The van der Waals surface area contributed by atoms with Gasteiger partial charge in [0.2, 0.25) is 12.5 Å². The third kappa shape index (κ3) is 5.12. The Kier molecular flexibility index (Phi) is 9.06. The number of rotatable bonds is 12. The van der Waals surface area contributed by atoms with Crippen molar-refractivity contribution in [2.45, 2.75) is 32.8 Å². The minimum Gasteiger partial charge on any atom is -0.387 e. The van der Waals surface area contributed by atoms with Crippen LogP contribution in [0.4, 0.5) is 0 Å². The van der Waals surface area contributed by atoms with E-state index in [2.05, 4.69) is 6.58 Å². The van der Waals surface area contributed by atoms with Crippen molar-refractivity contribution in [1.29, 1.82) is 0 Å². The normalized spacial score (nSPS) is 16.5. The van der Waals surface area contributed by atoms with Gasteiger partial charge in [0.1, 0.15) is 26.3 Å². The van der Waals surface area contributed by atoms with Crippen LogP contribution in [0.25, 0.3) is 0 Å². The molecule has 2 N–H and O–H groups in total. The SMILES string of the molecule is C=CC[N+](Cc1ccccc1)(C(CO)OCC)C(CO)OCC. The summed E-state index contributed by atoms with van der Waals surface area (Å²) in [5.41, 5.74) is 1.09. The van der Waals surface area contributed by atoms with E-state index < -0.39 is 12.5 Å². The molecule has 0 saturated carbocycles. The second kappa shape index (κ2) is 10.5. The third-order valence-corrected chi connectivity index (χ3v) is 3.97. The van der Waals surface area contributed by atoms with Crippen molar-refractivity contribution < 1.29 is 24.2 Å². The van der Waals surface area contributed by atoms with Crippen LogP contribution in [0.1, 0.15) is 19.4 Å². The van der Waals surface area contributed by atoms with Gasteiger partial charge in [-0.3, -0.25) is 4.48 Å². The summed E-state index contributed by atoms with van der Waals surface area (Å²) in [4.78, 5) is 0. The van der Waals surface area contributed by atoms with E-state index in [9.17, 15) is 10.2 Å². The van der Waals surface area contributed by atoms with Crippen LogP contribution in [0, 0.1) is 0 Å². The van der Waals surface area contributed by atoms with Gasteiger partial charge in [-0.05, 0) is 19.9 Å². The Hall–Kier alpha value is -1.24. The summed E-state index contributed by atoms with van der Waals surface area (Å²) >= 11 is 0. The molecule has 0 spiro atoms. The Morgan fingerprint density at radius 2 is 1.57 bits per heavy atom. The van der Waals surface area contributed by atoms with E-state index in [1.165, 1.54) is 0 Å². The van der Waals surface area contributed by atoms with Gasteiger partial charge in [0, 0.05) is 5.56 Å². The number of hydrogen-bond acceptors (Lipinski definition) is 4. The lowest BCUT2D eigenvalue weighted by molar-refractivity contribution is -1.02. The first-order valence-electron chi connectivity index (χ1n) is 8.14. The minimum atomic E-state index is -0.498. The number of hydrogen-bond donors (Lipinski definition) is 2. The standard InChI is InChI=1S/C18H30NO4/c1-4-12-19(17(14-20)22-5-2,18(15-21)23-6-3)13-16-10-8-7-9-11-16/h4,7-11,17-18,20-21H,1,5-6,12-15H2,2-3H3/q+1. The predicted molar refractivity (Wildman–Crippen MR) is 90.5 cm³/mol. The van der Waals surface area contributed by atoms with Crippen molar-refractivity contribution in [3.8, 4) is 0 Å². The highest BCUT2D eigenvalue weighted by molar-refractivity contribution is 5.13. The molecule has 0 aliphatic rings. The number of quaternary nitrogens is 1. The molecule has 0 fully saturated rings. The molecule has 0 radical (unpaired) electrons. The summed E-state index contributed by atoms with van der Waals surface area (Å²) in [6.07, 6.45) is 0.788. The van der Waals surface area contributed by atoms with Crippen LogP contribution < -0.4 is 0 Å². The number of aliphatic hydroxyl groups is 2. The van der Waals surface area contributed by atoms with Crippen molar-refractivity contribution in [3.05, 3.63) is 48.6 Å². The number of nitrogens with zero attached hydrogens (tertiary/aromatic N) is 1. The van der Waals surface area contributed by atoms with E-state index in [0.29, 0.717) is 26.3 Å². The zero-order valence-electron chi connectivity index (χ0n) is 14.2. The second-order valence-electron chi connectivity index (χ2n) is 5.40. The average Bonchev–Trinajstić information content (AvgIpc) is 2.58. The monoisotopic (exact) mass is 324 g/mol. The van der Waals surface area contributed by atoms with Gasteiger partial charge in [0.15, 0.2) is 0 Å². The zero-order valence-corrected chi connectivity index (χ0v) is 14.2. The van der Waals surface area contributed by atoms with E-state index in [0.717, 1.165) is 5.56 Å². The molecule has 0 bridgehead atoms. The second-order valence-corrected chi connectivity index (χ2v) is 5.40. The topological polar surface area (TPSA) is 58.9 Å². The highest BCUT2D eigenvalue weighted by atomic mass is 16.5. The first-order valence-corrected chi connectivity index (χ1v) is 8.14. The van der Waals surface area contributed by atoms with Crippen LogP contribution in [0.15, 0.2) is 43.0 Å². The van der Waals surface area contributed by atoms with Crippen molar-refractivity contribution in [2.75, 3.05) is 33.0 Å². The molecule has 2 atom stereocenters. The maximum absolute atomic E-state index is 9.90. The van der Waals surface area contributed by atoms with Gasteiger partial charge in [-0.15, -0.1) is 0 Å². The molecule has 2 unspecified atom stereocenters. The fourth-order valence-corrected chi connectivity index (χ4v) is 2.96. The van der Waals surface area contributed by atoms with Crippen LogP contribution in [0.3, 0.4) is 0 Å². The molecular weight excluding hydrogens is 294 g/mol. The lowest BCUT2D eigenvalue weighted by Gasteiger charge is -2.47. The summed E-state index contributed by atoms with van der Waals surface area (Å²) in [5, 5.41) is 19.8. The molecule has 23 heavy (non-hydrogen) atoms. The molecule has 5 heteroatoms. The van der Waals surface area contributed by atoms with E-state index in [1.807, 2.05) is 44.2 Å². The third-order valence-electron chi connectivity index (χ3n) is 3.97. The van der Waals surface area contributed by atoms with Gasteiger partial charge in [-0.1, -0.05) is 36.9 Å². The van der Waals surface area contributed by atoms with Crippen LogP contribution >= 0.6 is 0 Å². The maximum Gasteiger partial charge on any atom is 0.219 e. The van der Waals surface area contributed by atoms with Gasteiger partial charge < -0.3 is 19.7 Å². The van der Waals surface area contributed by atoms with E-state index in [4.69, 9.17) is 9.47 Å². The lowest BCUT2D eigenvalue weighted by atomic mass is 10.1. The summed E-state index contributed by atoms with van der Waals surface area (Å²) < 4.78 is 11.8. The summed E-state index contributed by atoms with van der Waals surface area (Å²) in [7, 11) is 0. The van der Waals surface area contributed by atoms with Gasteiger partial charge in [0.25, 0.3) is 0 Å². The molecule has 1 aromatic carbocycles. The fourth-order valence-electron chi connectivity index (χ4n) is 2.96. The molecular formula is C18H30NO4+. The Morgan fingerprint density at radius 3 is 1.96 bits per heavy atom. The van der Waals surface area contributed by atoms with Crippen LogP contribution in [0.5, 0.6) is 0 Å². The van der Waals surface area contributed by atoms with Crippen molar-refractivity contribution in [2.24, 2.45) is 0 Å². The molecule has 0 heterocycles. The molecule has 5 nitrogen and oxygen atoms in total. The van der Waals surface area contributed by atoms with Crippen molar-refractivity contribution >= 4 is 0 Å². The Bertz CT molecular complexity index is 424. The van der Waals surface area contributed by atoms with Gasteiger partial charge >= 0.3 is 0 Å². The van der Waals surface area contributed by atoms with Crippen molar-refractivity contribution in [1.82, 2.24) is 0 Å². The number of ether oxygens (including phenoxy) is 2. The Morgan fingerprint density at radius 1 is 1.04 bits per heavy atom. The highest BCUT2D eigenvalue weighted by Gasteiger charge is 2.44. The summed E-state index contributed by atoms with van der Waals surface area (Å²) in [6, 6.07) is 9.96. The zero-order chi connectivity index (χ0) is 17.1. The summed E-state index contributed by atoms with van der Waals surface area (Å²) in [5.74, 6) is 0. The van der Waals surface area contributed by atoms with E-state index in [-0.39, 0.29) is 17.7 Å². The lowest BCUT2D eigenvalue weighted by Crippen LogP contribution is -2.65. The van der Waals surface area contributed by atoms with Gasteiger partial charge in [-0.2, -0.15) is 0 Å². The molecule has 0 aromatic heterocycles. The Labute approximate surface area is 139 Å². The van der Waals surface area contributed by atoms with Crippen LogP contribution in [-0.4, -0.2) is 60.1 Å². The van der Waals surface area contributed by atoms with E-state index >= 15 is 0 Å². The smallest absolute Gasteiger partial charge is 0.219 e. The number of aliphatic hydroxyl groups excluding tert-OH is 2. The average molecular weight is 324 g/mol. The highest BCUT2D eigenvalue weighted by Crippen LogP contribution is 2.26. The molecule has 0 amide bonds. The quantitative estimate of drug-likeness (QED) is 0.350. The molecule has 0 aliphatic carbocycles. The molecule has 130 valence electrons. The maximum atomic E-state index is 9.90. The molecule has 1 aromatic rings.